The van der Waals surface area contributed by atoms with Gasteiger partial charge in [0.25, 0.3) is 0 Å². The van der Waals surface area contributed by atoms with Gasteiger partial charge in [0.15, 0.2) is 16.6 Å². The fraction of sp³-hybridized carbons (Fsp3) is 0.524. The maximum absolute atomic E-state index is 12.8. The highest BCUT2D eigenvalue weighted by molar-refractivity contribution is 7.80. The molecule has 1 aromatic rings. The number of ether oxygens (including phenoxy) is 4. The number of para-hydroxylation sites is 1. The number of methoxy groups -OCH3 is 2. The van der Waals surface area contributed by atoms with Gasteiger partial charge in [0.2, 0.25) is 0 Å². The zero-order valence-electron chi connectivity index (χ0n) is 17.5. The van der Waals surface area contributed by atoms with Crippen LogP contribution in [0.3, 0.4) is 0 Å². The van der Waals surface area contributed by atoms with Crippen LogP contribution < -0.4 is 20.1 Å². The van der Waals surface area contributed by atoms with Crippen LogP contribution in [0, 0.1) is 0 Å². The number of thiocarbonyl (C=S) groups is 1. The van der Waals surface area contributed by atoms with Crippen LogP contribution in [0.1, 0.15) is 44.7 Å². The van der Waals surface area contributed by atoms with Crippen LogP contribution in [0.4, 0.5) is 0 Å². The van der Waals surface area contributed by atoms with Crippen LogP contribution in [0.15, 0.2) is 29.5 Å². The Bertz CT molecular complexity index is 751. The van der Waals surface area contributed by atoms with E-state index in [-0.39, 0.29) is 6.61 Å². The second-order valence-electron chi connectivity index (χ2n) is 6.63. The molecule has 7 nitrogen and oxygen atoms in total. The van der Waals surface area contributed by atoms with Gasteiger partial charge in [0.1, 0.15) is 6.61 Å². The van der Waals surface area contributed by atoms with Gasteiger partial charge in [-0.1, -0.05) is 31.9 Å². The lowest BCUT2D eigenvalue weighted by Crippen LogP contribution is -2.45. The summed E-state index contributed by atoms with van der Waals surface area (Å²) in [7, 11) is 3.15. The maximum Gasteiger partial charge on any atom is 0.338 e. The Hall–Kier alpha value is -2.32. The smallest absolute Gasteiger partial charge is 0.338 e. The Labute approximate surface area is 177 Å². The van der Waals surface area contributed by atoms with Gasteiger partial charge >= 0.3 is 5.97 Å². The molecule has 0 radical (unpaired) electrons. The summed E-state index contributed by atoms with van der Waals surface area (Å²) in [4.78, 5) is 12.8. The minimum absolute atomic E-state index is 0.168. The van der Waals surface area contributed by atoms with Gasteiger partial charge in [-0.15, -0.1) is 0 Å². The molecule has 1 heterocycles. The molecule has 0 fully saturated rings. The number of unbranched alkanes of at least 4 members (excludes halogenated alkanes) is 2. The molecule has 0 aromatic heterocycles. The van der Waals surface area contributed by atoms with E-state index in [9.17, 15) is 4.79 Å². The number of carbonyl (C=O) groups is 1. The van der Waals surface area contributed by atoms with Crippen molar-refractivity contribution in [3.63, 3.8) is 0 Å². The Morgan fingerprint density at radius 1 is 1.17 bits per heavy atom. The summed E-state index contributed by atoms with van der Waals surface area (Å²) in [5, 5.41) is 6.61. The Balaban J connectivity index is 2.39. The first kappa shape index (κ1) is 23.0. The van der Waals surface area contributed by atoms with Crippen molar-refractivity contribution < 1.29 is 23.7 Å². The molecule has 0 aliphatic carbocycles. The third-order valence-corrected chi connectivity index (χ3v) is 4.76. The normalized spacial score (nSPS) is 16.1. The van der Waals surface area contributed by atoms with E-state index in [0.29, 0.717) is 41.1 Å². The average Bonchev–Trinajstić information content (AvgIpc) is 2.70. The SMILES string of the molecule is CCCCCOc1c(OC)cccc1[C@H]1NC(=S)NC(C)=C1C(=O)OCCOC. The van der Waals surface area contributed by atoms with E-state index in [1.807, 2.05) is 18.2 Å². The first-order chi connectivity index (χ1) is 14.0. The van der Waals surface area contributed by atoms with Crippen LogP contribution in [0.25, 0.3) is 0 Å². The summed E-state index contributed by atoms with van der Waals surface area (Å²) in [6.07, 6.45) is 3.12. The molecular formula is C21H30N2O5S. The molecule has 0 bridgehead atoms. The van der Waals surface area contributed by atoms with Crippen molar-refractivity contribution in [2.24, 2.45) is 0 Å². The van der Waals surface area contributed by atoms with Gasteiger partial charge in [-0.05, 0) is 31.6 Å². The Morgan fingerprint density at radius 2 is 1.97 bits per heavy atom. The topological polar surface area (TPSA) is 78.1 Å². The average molecular weight is 423 g/mol. The molecule has 0 unspecified atom stereocenters. The van der Waals surface area contributed by atoms with E-state index in [2.05, 4.69) is 17.6 Å². The van der Waals surface area contributed by atoms with E-state index >= 15 is 0 Å². The lowest BCUT2D eigenvalue weighted by atomic mass is 9.94. The summed E-state index contributed by atoms with van der Waals surface area (Å²) in [5.41, 5.74) is 1.85. The van der Waals surface area contributed by atoms with E-state index in [0.717, 1.165) is 24.8 Å². The fourth-order valence-corrected chi connectivity index (χ4v) is 3.37. The van der Waals surface area contributed by atoms with Gasteiger partial charge in [0.05, 0.1) is 31.9 Å². The molecule has 29 heavy (non-hydrogen) atoms. The highest BCUT2D eigenvalue weighted by Gasteiger charge is 2.33. The zero-order chi connectivity index (χ0) is 21.2. The van der Waals surface area contributed by atoms with Gasteiger partial charge in [-0.2, -0.15) is 0 Å². The van der Waals surface area contributed by atoms with Crippen LogP contribution in [-0.2, 0) is 14.3 Å². The van der Waals surface area contributed by atoms with Gasteiger partial charge in [0, 0.05) is 18.4 Å². The second kappa shape index (κ2) is 11.6. The van der Waals surface area contributed by atoms with E-state index in [1.165, 1.54) is 0 Å². The summed E-state index contributed by atoms with van der Waals surface area (Å²) >= 11 is 5.33. The molecule has 1 aliphatic heterocycles. The first-order valence-corrected chi connectivity index (χ1v) is 10.2. The van der Waals surface area contributed by atoms with Crippen LogP contribution in [-0.4, -0.2) is 45.1 Å². The number of allylic oxidation sites excluding steroid dienone is 1. The summed E-state index contributed by atoms with van der Waals surface area (Å²) in [6.45, 7) is 5.00. The quantitative estimate of drug-likeness (QED) is 0.320. The second-order valence-corrected chi connectivity index (χ2v) is 7.04. The van der Waals surface area contributed by atoms with E-state index < -0.39 is 12.0 Å². The van der Waals surface area contributed by atoms with Gasteiger partial charge in [-0.25, -0.2) is 4.79 Å². The Kier molecular flexibility index (Phi) is 9.21. The van der Waals surface area contributed by atoms with Crippen molar-refractivity contribution in [2.45, 2.75) is 39.2 Å². The molecule has 1 aromatic carbocycles. The summed E-state index contributed by atoms with van der Waals surface area (Å²) in [6, 6.07) is 5.09. The first-order valence-electron chi connectivity index (χ1n) is 9.77. The van der Waals surface area contributed by atoms with Crippen LogP contribution >= 0.6 is 12.2 Å². The molecule has 0 saturated carbocycles. The van der Waals surface area contributed by atoms with Gasteiger partial charge < -0.3 is 29.6 Å². The number of rotatable bonds is 11. The van der Waals surface area contributed by atoms with Crippen molar-refractivity contribution in [2.75, 3.05) is 34.0 Å². The summed E-state index contributed by atoms with van der Waals surface area (Å²) in [5.74, 6) is 0.769. The lowest BCUT2D eigenvalue weighted by molar-refractivity contribution is -0.140. The predicted molar refractivity (Wildman–Crippen MR) is 115 cm³/mol. The molecule has 0 saturated heterocycles. The highest BCUT2D eigenvalue weighted by Crippen LogP contribution is 2.39. The van der Waals surface area contributed by atoms with Crippen molar-refractivity contribution in [1.29, 1.82) is 0 Å². The minimum Gasteiger partial charge on any atom is -0.493 e. The zero-order valence-corrected chi connectivity index (χ0v) is 18.3. The van der Waals surface area contributed by atoms with Crippen LogP contribution in [0.2, 0.25) is 0 Å². The van der Waals surface area contributed by atoms with Crippen LogP contribution in [0.5, 0.6) is 11.5 Å². The molecule has 1 aliphatic rings. The predicted octanol–water partition coefficient (Wildman–Crippen LogP) is 3.25. The van der Waals surface area contributed by atoms with Crippen molar-refractivity contribution in [3.8, 4) is 11.5 Å². The van der Waals surface area contributed by atoms with E-state index in [4.69, 9.17) is 31.2 Å². The third kappa shape index (κ3) is 6.08. The minimum atomic E-state index is -0.518. The number of hydrogen-bond donors (Lipinski definition) is 2. The highest BCUT2D eigenvalue weighted by atomic mass is 32.1. The molecule has 2 N–H and O–H groups in total. The lowest BCUT2D eigenvalue weighted by Gasteiger charge is -2.31. The standard InChI is InChI=1S/C21H30N2O5S/c1-5-6-7-11-27-19-15(9-8-10-16(19)26-4)18-17(14(2)22-21(29)23-18)20(24)28-13-12-25-3/h8-10,18H,5-7,11-13H2,1-4H3,(H2,22,23,29)/t18-/m1/s1. The number of carbonyl (C=O) groups excluding carboxylic acids is 1. The largest absolute Gasteiger partial charge is 0.493 e. The number of hydrogen-bond acceptors (Lipinski definition) is 6. The van der Waals surface area contributed by atoms with Gasteiger partial charge in [-0.3, -0.25) is 0 Å². The Morgan fingerprint density at radius 3 is 2.66 bits per heavy atom. The number of benzene rings is 1. The molecular weight excluding hydrogens is 392 g/mol. The fourth-order valence-electron chi connectivity index (χ4n) is 3.09. The third-order valence-electron chi connectivity index (χ3n) is 4.54. The maximum atomic E-state index is 12.8. The number of esters is 1. The monoisotopic (exact) mass is 422 g/mol. The molecule has 0 amide bonds. The van der Waals surface area contributed by atoms with E-state index in [1.54, 1.807) is 21.1 Å². The molecule has 160 valence electrons. The molecule has 8 heteroatoms. The molecule has 0 spiro atoms. The van der Waals surface area contributed by atoms with Crippen molar-refractivity contribution in [3.05, 3.63) is 35.0 Å². The number of nitrogens with one attached hydrogen (secondary N) is 2. The molecule has 1 atom stereocenters. The molecule has 2 rings (SSSR count). The van der Waals surface area contributed by atoms with Crippen molar-refractivity contribution >= 4 is 23.3 Å². The summed E-state index contributed by atoms with van der Waals surface area (Å²) < 4.78 is 21.9. The van der Waals surface area contributed by atoms with Crippen molar-refractivity contribution in [1.82, 2.24) is 10.6 Å².